The van der Waals surface area contributed by atoms with Crippen LogP contribution in [0.1, 0.15) is 19.8 Å². The molecule has 1 aliphatic rings. The molecule has 1 aromatic rings. The Labute approximate surface area is 112 Å². The van der Waals surface area contributed by atoms with Crippen molar-refractivity contribution in [1.29, 1.82) is 0 Å². The molecule has 0 aliphatic carbocycles. The van der Waals surface area contributed by atoms with E-state index < -0.39 is 0 Å². The van der Waals surface area contributed by atoms with Crippen molar-refractivity contribution in [3.63, 3.8) is 0 Å². The average Bonchev–Trinajstić information content (AvgIpc) is 2.46. The number of ketones is 1. The van der Waals surface area contributed by atoms with E-state index in [1.165, 1.54) is 6.92 Å². The highest BCUT2D eigenvalue weighted by Gasteiger charge is 2.22. The van der Waals surface area contributed by atoms with Crippen LogP contribution in [0.25, 0.3) is 0 Å². The minimum atomic E-state index is 0.0591. The summed E-state index contributed by atoms with van der Waals surface area (Å²) in [6.07, 6.45) is 4.08. The second-order valence-electron chi connectivity index (χ2n) is 4.62. The summed E-state index contributed by atoms with van der Waals surface area (Å²) in [6, 6.07) is 1.78. The van der Waals surface area contributed by atoms with Crippen molar-refractivity contribution in [3.8, 4) is 0 Å². The lowest BCUT2D eigenvalue weighted by Gasteiger charge is -2.34. The predicted molar refractivity (Wildman–Crippen MR) is 70.7 cm³/mol. The first-order valence-electron chi connectivity index (χ1n) is 6.46. The van der Waals surface area contributed by atoms with Gasteiger partial charge < -0.3 is 14.6 Å². The zero-order valence-electron chi connectivity index (χ0n) is 11.1. The molecule has 19 heavy (non-hydrogen) atoms. The van der Waals surface area contributed by atoms with Crippen molar-refractivity contribution in [2.45, 2.75) is 19.8 Å². The number of anilines is 1. The Morgan fingerprint density at radius 3 is 2.32 bits per heavy atom. The van der Waals surface area contributed by atoms with Gasteiger partial charge in [0.25, 0.3) is 0 Å². The minimum absolute atomic E-state index is 0.0591. The number of aromatic nitrogens is 2. The fourth-order valence-electron chi connectivity index (χ4n) is 2.05. The molecular weight excluding hydrogens is 244 g/mol. The molecule has 0 radical (unpaired) electrons. The molecule has 1 saturated heterocycles. The molecule has 102 valence electrons. The van der Waals surface area contributed by atoms with Gasteiger partial charge in [0.2, 0.25) is 11.9 Å². The maximum Gasteiger partial charge on any atom is 0.225 e. The number of nitrogens with zero attached hydrogens (tertiary/aromatic N) is 4. The highest BCUT2D eigenvalue weighted by molar-refractivity contribution is 5.83. The van der Waals surface area contributed by atoms with Gasteiger partial charge in [-0.25, -0.2) is 9.97 Å². The van der Waals surface area contributed by atoms with Crippen LogP contribution in [0, 0.1) is 0 Å². The van der Waals surface area contributed by atoms with Gasteiger partial charge in [-0.3, -0.25) is 4.79 Å². The molecule has 0 aromatic carbocycles. The van der Waals surface area contributed by atoms with Crippen LogP contribution < -0.4 is 4.90 Å². The van der Waals surface area contributed by atoms with Gasteiger partial charge in [-0.05, 0) is 13.0 Å². The molecule has 0 bridgehead atoms. The van der Waals surface area contributed by atoms with E-state index in [9.17, 15) is 9.59 Å². The van der Waals surface area contributed by atoms with E-state index in [2.05, 4.69) is 14.9 Å². The monoisotopic (exact) mass is 262 g/mol. The Morgan fingerprint density at radius 2 is 1.74 bits per heavy atom. The van der Waals surface area contributed by atoms with Crippen LogP contribution in [0.2, 0.25) is 0 Å². The van der Waals surface area contributed by atoms with E-state index in [4.69, 9.17) is 0 Å². The Kier molecular flexibility index (Phi) is 4.43. The third kappa shape index (κ3) is 3.74. The fraction of sp³-hybridized carbons (Fsp3) is 0.538. The molecule has 1 aliphatic heterocycles. The Balaban J connectivity index is 1.82. The van der Waals surface area contributed by atoms with Crippen molar-refractivity contribution >= 4 is 17.6 Å². The molecule has 0 unspecified atom stereocenters. The molecule has 1 amide bonds. The molecule has 2 rings (SSSR count). The van der Waals surface area contributed by atoms with Crippen LogP contribution >= 0.6 is 0 Å². The molecule has 6 nitrogen and oxygen atoms in total. The first kappa shape index (κ1) is 13.5. The largest absolute Gasteiger partial charge is 0.339 e. The summed E-state index contributed by atoms with van der Waals surface area (Å²) in [5.41, 5.74) is 0. The van der Waals surface area contributed by atoms with E-state index >= 15 is 0 Å². The number of hydrogen-bond donors (Lipinski definition) is 0. The van der Waals surface area contributed by atoms with Gasteiger partial charge in [-0.1, -0.05) is 0 Å². The average molecular weight is 262 g/mol. The number of rotatable bonds is 4. The summed E-state index contributed by atoms with van der Waals surface area (Å²) in [4.78, 5) is 35.0. The Bertz CT molecular complexity index is 441. The molecule has 1 aromatic heterocycles. The van der Waals surface area contributed by atoms with Crippen molar-refractivity contribution < 1.29 is 9.59 Å². The van der Waals surface area contributed by atoms with Crippen molar-refractivity contribution in [2.75, 3.05) is 31.1 Å². The lowest BCUT2D eigenvalue weighted by molar-refractivity contribution is -0.133. The highest BCUT2D eigenvalue weighted by atomic mass is 16.2. The van der Waals surface area contributed by atoms with E-state index in [0.29, 0.717) is 31.9 Å². The van der Waals surface area contributed by atoms with E-state index in [1.54, 1.807) is 18.5 Å². The SMILES string of the molecule is CC(=O)CCC(=O)N1CCN(c2ncccn2)CC1. The standard InChI is InChI=1S/C13H18N4O2/c1-11(18)3-4-12(19)16-7-9-17(10-8-16)13-14-5-2-6-15-13/h2,5-6H,3-4,7-10H2,1H3. The third-order valence-corrected chi connectivity index (χ3v) is 3.16. The number of Topliss-reactive ketones (excluding diaryl/α,β-unsaturated/α-hetero) is 1. The number of piperazine rings is 1. The third-order valence-electron chi connectivity index (χ3n) is 3.16. The van der Waals surface area contributed by atoms with E-state index in [0.717, 1.165) is 13.1 Å². The molecule has 0 atom stereocenters. The quantitative estimate of drug-likeness (QED) is 0.790. The number of carbonyl (C=O) groups excluding carboxylic acids is 2. The molecule has 6 heteroatoms. The number of amides is 1. The van der Waals surface area contributed by atoms with Gasteiger partial charge in [0.1, 0.15) is 5.78 Å². The number of hydrogen-bond acceptors (Lipinski definition) is 5. The maximum absolute atomic E-state index is 11.9. The summed E-state index contributed by atoms with van der Waals surface area (Å²) in [5.74, 6) is 0.826. The topological polar surface area (TPSA) is 66.4 Å². The van der Waals surface area contributed by atoms with Crippen molar-refractivity contribution in [3.05, 3.63) is 18.5 Å². The van der Waals surface area contributed by atoms with E-state index in [-0.39, 0.29) is 11.7 Å². The fourth-order valence-corrected chi connectivity index (χ4v) is 2.05. The summed E-state index contributed by atoms with van der Waals surface area (Å²) in [5, 5.41) is 0. The Morgan fingerprint density at radius 1 is 1.11 bits per heavy atom. The molecule has 0 spiro atoms. The normalized spacial score (nSPS) is 15.4. The minimum Gasteiger partial charge on any atom is -0.339 e. The maximum atomic E-state index is 11.9. The first-order chi connectivity index (χ1) is 9.16. The van der Waals surface area contributed by atoms with Crippen LogP contribution in [-0.4, -0.2) is 52.7 Å². The first-order valence-corrected chi connectivity index (χ1v) is 6.46. The zero-order valence-corrected chi connectivity index (χ0v) is 11.1. The molecule has 0 saturated carbocycles. The summed E-state index contributed by atoms with van der Waals surface area (Å²) in [6.45, 7) is 4.30. The summed E-state index contributed by atoms with van der Waals surface area (Å²) >= 11 is 0. The smallest absolute Gasteiger partial charge is 0.225 e. The van der Waals surface area contributed by atoms with Crippen LogP contribution in [0.15, 0.2) is 18.5 Å². The summed E-state index contributed by atoms with van der Waals surface area (Å²) in [7, 11) is 0. The van der Waals surface area contributed by atoms with Crippen LogP contribution in [-0.2, 0) is 9.59 Å². The molecule has 0 N–H and O–H groups in total. The van der Waals surface area contributed by atoms with Crippen molar-refractivity contribution in [1.82, 2.24) is 14.9 Å². The predicted octanol–water partition coefficient (Wildman–Crippen LogP) is 0.494. The van der Waals surface area contributed by atoms with Crippen LogP contribution in [0.3, 0.4) is 0 Å². The van der Waals surface area contributed by atoms with Crippen molar-refractivity contribution in [2.24, 2.45) is 0 Å². The summed E-state index contributed by atoms with van der Waals surface area (Å²) < 4.78 is 0. The lowest BCUT2D eigenvalue weighted by atomic mass is 10.2. The second-order valence-corrected chi connectivity index (χ2v) is 4.62. The van der Waals surface area contributed by atoms with Gasteiger partial charge >= 0.3 is 0 Å². The van der Waals surface area contributed by atoms with Gasteiger partial charge in [0.05, 0.1) is 0 Å². The van der Waals surface area contributed by atoms with Gasteiger partial charge in [0, 0.05) is 51.4 Å². The van der Waals surface area contributed by atoms with E-state index in [1.807, 2.05) is 4.90 Å². The lowest BCUT2D eigenvalue weighted by Crippen LogP contribution is -2.49. The zero-order chi connectivity index (χ0) is 13.7. The van der Waals surface area contributed by atoms with Gasteiger partial charge in [-0.2, -0.15) is 0 Å². The molecule has 2 heterocycles. The number of carbonyl (C=O) groups is 2. The second kappa shape index (κ2) is 6.26. The molecular formula is C13H18N4O2. The van der Waals surface area contributed by atoms with Gasteiger partial charge in [-0.15, -0.1) is 0 Å². The Hall–Kier alpha value is -1.98. The molecule has 1 fully saturated rings. The van der Waals surface area contributed by atoms with Crippen LogP contribution in [0.5, 0.6) is 0 Å². The van der Waals surface area contributed by atoms with Gasteiger partial charge in [0.15, 0.2) is 0 Å². The van der Waals surface area contributed by atoms with Crippen LogP contribution in [0.4, 0.5) is 5.95 Å². The highest BCUT2D eigenvalue weighted by Crippen LogP contribution is 2.10.